The molecule has 0 bridgehead atoms. The zero-order chi connectivity index (χ0) is 11.5. The van der Waals surface area contributed by atoms with E-state index in [1.807, 2.05) is 0 Å². The average Bonchev–Trinajstić information content (AvgIpc) is 2.30. The highest BCUT2D eigenvalue weighted by atomic mass is 79.9. The lowest BCUT2D eigenvalue weighted by Gasteiger charge is -2.41. The van der Waals surface area contributed by atoms with Crippen molar-refractivity contribution in [3.8, 4) is 0 Å². The minimum Gasteiger partial charge on any atom is -0.349 e. The zero-order valence-electron chi connectivity index (χ0n) is 9.43. The molecule has 1 aliphatic heterocycles. The van der Waals surface area contributed by atoms with E-state index in [0.717, 1.165) is 16.7 Å². The molecule has 0 radical (unpaired) electrons. The molecule has 0 aliphatic carbocycles. The number of hydrogen-bond acceptors (Lipinski definition) is 4. The van der Waals surface area contributed by atoms with E-state index in [0.29, 0.717) is 18.6 Å². The summed E-state index contributed by atoms with van der Waals surface area (Å²) in [6, 6.07) is 0.892. The predicted molar refractivity (Wildman–Crippen MR) is 68.4 cm³/mol. The number of aromatic nitrogens is 2. The Hall–Kier alpha value is -0.680. The van der Waals surface area contributed by atoms with Crippen molar-refractivity contribution in [2.75, 3.05) is 11.4 Å². The molecular formula is C11H17BrN4. The molecule has 0 amide bonds. The fraction of sp³-hybridized carbons (Fsp3) is 0.636. The molecule has 2 unspecified atom stereocenters. The second-order valence-electron chi connectivity index (χ2n) is 4.27. The quantitative estimate of drug-likeness (QED) is 0.902. The first-order valence-corrected chi connectivity index (χ1v) is 6.47. The molecule has 16 heavy (non-hydrogen) atoms. The fourth-order valence-electron chi connectivity index (χ4n) is 2.40. The molecule has 88 valence electrons. The van der Waals surface area contributed by atoms with Crippen LogP contribution in [0.15, 0.2) is 17.0 Å². The van der Waals surface area contributed by atoms with Gasteiger partial charge in [-0.3, -0.25) is 0 Å². The van der Waals surface area contributed by atoms with Crippen LogP contribution in [0.5, 0.6) is 0 Å². The fourth-order valence-corrected chi connectivity index (χ4v) is 2.82. The standard InChI is InChI=1S/C11H17BrN4/c1-8-3-2-4-9(5-13)16(8)11-10(12)6-14-7-15-11/h6-9H,2-5,13H2,1H3. The number of piperidine rings is 1. The van der Waals surface area contributed by atoms with Crippen LogP contribution in [0, 0.1) is 0 Å². The largest absolute Gasteiger partial charge is 0.349 e. The second kappa shape index (κ2) is 5.10. The molecule has 0 aromatic carbocycles. The molecule has 4 nitrogen and oxygen atoms in total. The lowest BCUT2D eigenvalue weighted by Crippen LogP contribution is -2.49. The monoisotopic (exact) mass is 284 g/mol. The first-order valence-electron chi connectivity index (χ1n) is 5.68. The number of hydrogen-bond donors (Lipinski definition) is 1. The van der Waals surface area contributed by atoms with Crippen LogP contribution in [-0.2, 0) is 0 Å². The van der Waals surface area contributed by atoms with Crippen LogP contribution in [0.4, 0.5) is 5.82 Å². The zero-order valence-corrected chi connectivity index (χ0v) is 11.0. The van der Waals surface area contributed by atoms with Crippen LogP contribution in [0.3, 0.4) is 0 Å². The highest BCUT2D eigenvalue weighted by molar-refractivity contribution is 9.10. The SMILES string of the molecule is CC1CCCC(CN)N1c1ncncc1Br. The van der Waals surface area contributed by atoms with Crippen molar-refractivity contribution in [2.24, 2.45) is 5.73 Å². The van der Waals surface area contributed by atoms with Gasteiger partial charge in [0.1, 0.15) is 12.1 Å². The van der Waals surface area contributed by atoms with Crippen molar-refractivity contribution < 1.29 is 0 Å². The summed E-state index contributed by atoms with van der Waals surface area (Å²) < 4.78 is 0.946. The van der Waals surface area contributed by atoms with Crippen LogP contribution in [0.2, 0.25) is 0 Å². The lowest BCUT2D eigenvalue weighted by atomic mass is 9.96. The number of rotatable bonds is 2. The summed E-state index contributed by atoms with van der Waals surface area (Å²) in [6.07, 6.45) is 6.98. The molecule has 1 saturated heterocycles. The summed E-state index contributed by atoms with van der Waals surface area (Å²) in [7, 11) is 0. The maximum Gasteiger partial charge on any atom is 0.146 e. The average molecular weight is 285 g/mol. The van der Waals surface area contributed by atoms with Crippen molar-refractivity contribution in [1.29, 1.82) is 0 Å². The predicted octanol–water partition coefficient (Wildman–Crippen LogP) is 1.95. The molecule has 0 spiro atoms. The summed E-state index contributed by atoms with van der Waals surface area (Å²) in [5.74, 6) is 0.970. The number of anilines is 1. The Labute approximate surface area is 104 Å². The maximum atomic E-state index is 5.84. The number of halogens is 1. The van der Waals surface area contributed by atoms with E-state index in [-0.39, 0.29) is 0 Å². The van der Waals surface area contributed by atoms with Gasteiger partial charge in [0.25, 0.3) is 0 Å². The van der Waals surface area contributed by atoms with Gasteiger partial charge < -0.3 is 10.6 Å². The molecular weight excluding hydrogens is 268 g/mol. The molecule has 0 saturated carbocycles. The van der Waals surface area contributed by atoms with E-state index in [1.54, 1.807) is 12.5 Å². The van der Waals surface area contributed by atoms with Gasteiger partial charge in [0.05, 0.1) is 4.47 Å². The van der Waals surface area contributed by atoms with Gasteiger partial charge in [0.15, 0.2) is 0 Å². The van der Waals surface area contributed by atoms with Crippen molar-refractivity contribution >= 4 is 21.7 Å². The summed E-state index contributed by atoms with van der Waals surface area (Å²) in [4.78, 5) is 10.7. The third kappa shape index (κ3) is 2.20. The third-order valence-corrected chi connectivity index (χ3v) is 3.75. The van der Waals surface area contributed by atoms with Crippen LogP contribution >= 0.6 is 15.9 Å². The minimum atomic E-state index is 0.398. The Bertz CT molecular complexity index is 358. The Kier molecular flexibility index (Phi) is 3.76. The molecule has 2 N–H and O–H groups in total. The van der Waals surface area contributed by atoms with Gasteiger partial charge in [0, 0.05) is 24.8 Å². The van der Waals surface area contributed by atoms with Crippen molar-refractivity contribution in [2.45, 2.75) is 38.3 Å². The van der Waals surface area contributed by atoms with Gasteiger partial charge in [-0.15, -0.1) is 0 Å². The highest BCUT2D eigenvalue weighted by Crippen LogP contribution is 2.31. The maximum absolute atomic E-state index is 5.84. The van der Waals surface area contributed by atoms with Crippen LogP contribution < -0.4 is 10.6 Å². The van der Waals surface area contributed by atoms with Gasteiger partial charge in [-0.05, 0) is 42.1 Å². The van der Waals surface area contributed by atoms with Gasteiger partial charge in [0.2, 0.25) is 0 Å². The molecule has 2 heterocycles. The molecule has 1 fully saturated rings. The van der Waals surface area contributed by atoms with Crippen molar-refractivity contribution in [3.05, 3.63) is 17.0 Å². The van der Waals surface area contributed by atoms with Gasteiger partial charge >= 0.3 is 0 Å². The Morgan fingerprint density at radius 2 is 2.38 bits per heavy atom. The first kappa shape index (κ1) is 11.8. The van der Waals surface area contributed by atoms with Crippen LogP contribution in [0.25, 0.3) is 0 Å². The lowest BCUT2D eigenvalue weighted by molar-refractivity contribution is 0.397. The topological polar surface area (TPSA) is 55.0 Å². The van der Waals surface area contributed by atoms with Crippen molar-refractivity contribution in [1.82, 2.24) is 9.97 Å². The summed E-state index contributed by atoms with van der Waals surface area (Å²) in [5, 5.41) is 0. The third-order valence-electron chi connectivity index (χ3n) is 3.19. The van der Waals surface area contributed by atoms with Crippen LogP contribution in [-0.4, -0.2) is 28.6 Å². The number of nitrogens with zero attached hydrogens (tertiary/aromatic N) is 3. The highest BCUT2D eigenvalue weighted by Gasteiger charge is 2.29. The first-order chi connectivity index (χ1) is 7.74. The van der Waals surface area contributed by atoms with Gasteiger partial charge in [-0.2, -0.15) is 0 Å². The smallest absolute Gasteiger partial charge is 0.146 e. The van der Waals surface area contributed by atoms with E-state index >= 15 is 0 Å². The molecule has 1 aromatic heterocycles. The second-order valence-corrected chi connectivity index (χ2v) is 5.13. The summed E-state index contributed by atoms with van der Waals surface area (Å²) >= 11 is 3.51. The molecule has 2 atom stereocenters. The van der Waals surface area contributed by atoms with E-state index in [9.17, 15) is 0 Å². The number of nitrogens with two attached hydrogens (primary N) is 1. The molecule has 1 aliphatic rings. The Morgan fingerprint density at radius 3 is 3.06 bits per heavy atom. The van der Waals surface area contributed by atoms with Crippen molar-refractivity contribution in [3.63, 3.8) is 0 Å². The van der Waals surface area contributed by atoms with Gasteiger partial charge in [-0.25, -0.2) is 9.97 Å². The van der Waals surface area contributed by atoms with Crippen LogP contribution in [0.1, 0.15) is 26.2 Å². The Morgan fingerprint density at radius 1 is 1.56 bits per heavy atom. The van der Waals surface area contributed by atoms with Gasteiger partial charge in [-0.1, -0.05) is 0 Å². The van der Waals surface area contributed by atoms with E-state index in [4.69, 9.17) is 5.73 Å². The summed E-state index contributed by atoms with van der Waals surface area (Å²) in [6.45, 7) is 2.91. The summed E-state index contributed by atoms with van der Waals surface area (Å²) in [5.41, 5.74) is 5.84. The molecule has 1 aromatic rings. The molecule has 2 rings (SSSR count). The van der Waals surface area contributed by atoms with E-state index in [2.05, 4.69) is 37.7 Å². The Balaban J connectivity index is 2.32. The van der Waals surface area contributed by atoms with E-state index < -0.39 is 0 Å². The minimum absolute atomic E-state index is 0.398. The van der Waals surface area contributed by atoms with E-state index in [1.165, 1.54) is 12.8 Å². The molecule has 5 heteroatoms. The normalized spacial score (nSPS) is 25.8.